The smallest absolute Gasteiger partial charge is 0.336 e. The van der Waals surface area contributed by atoms with Crippen LogP contribution in [0.1, 0.15) is 82.2 Å². The lowest BCUT2D eigenvalue weighted by molar-refractivity contribution is -0.151. The fourth-order valence-electron chi connectivity index (χ4n) is 7.42. The Kier molecular flexibility index (Phi) is 9.45. The second-order valence-electron chi connectivity index (χ2n) is 11.6. The van der Waals surface area contributed by atoms with Crippen LogP contribution in [0.5, 0.6) is 0 Å². The van der Waals surface area contributed by atoms with Crippen molar-refractivity contribution in [2.45, 2.75) is 94.3 Å². The Morgan fingerprint density at radius 2 is 1.79 bits per heavy atom. The van der Waals surface area contributed by atoms with Gasteiger partial charge in [-0.25, -0.2) is 9.18 Å². The van der Waals surface area contributed by atoms with Gasteiger partial charge in [0.1, 0.15) is 5.82 Å². The average molecular weight is 530 g/mol. The monoisotopic (exact) mass is 529 g/mol. The summed E-state index contributed by atoms with van der Waals surface area (Å²) in [7, 11) is 6.91. The standard InChI is InChI=1S/C30H44FN3O4/c1-33(2)27(23-9-8-10-24(31)19-23)21-13-15-22(16-14-21)28-30(29(36)38-4,18-17-26(35)37-3)32-20-34(28)25-11-6-5-7-12-25/h8-10,19-22,25,27-28H,5-7,11-18H2,1-4H3. The highest BCUT2D eigenvalue weighted by Crippen LogP contribution is 2.47. The Morgan fingerprint density at radius 1 is 1.08 bits per heavy atom. The second kappa shape index (κ2) is 12.6. The van der Waals surface area contributed by atoms with Crippen LogP contribution < -0.4 is 0 Å². The zero-order valence-electron chi connectivity index (χ0n) is 23.4. The normalized spacial score (nSPS) is 28.9. The summed E-state index contributed by atoms with van der Waals surface area (Å²) in [6, 6.07) is 7.29. The van der Waals surface area contributed by atoms with Crippen molar-refractivity contribution in [2.24, 2.45) is 16.8 Å². The molecule has 1 aromatic carbocycles. The molecule has 3 atom stereocenters. The summed E-state index contributed by atoms with van der Waals surface area (Å²) in [4.78, 5) is 35.0. The summed E-state index contributed by atoms with van der Waals surface area (Å²) < 4.78 is 24.3. The van der Waals surface area contributed by atoms with E-state index in [-0.39, 0.29) is 48.6 Å². The van der Waals surface area contributed by atoms with Crippen LogP contribution in [0.3, 0.4) is 0 Å². The molecule has 38 heavy (non-hydrogen) atoms. The summed E-state index contributed by atoms with van der Waals surface area (Å²) in [5.74, 6) is -0.290. The SMILES string of the molecule is COC(=O)CCC1(C(=O)OC)N=CN(C2CCCCC2)C1C1CCC(C(c2cccc(F)c2)N(C)C)CC1. The number of methoxy groups -OCH3 is 2. The Hall–Kier alpha value is -2.48. The molecule has 4 rings (SSSR count). The van der Waals surface area contributed by atoms with Crippen molar-refractivity contribution in [3.63, 3.8) is 0 Å². The molecule has 0 N–H and O–H groups in total. The van der Waals surface area contributed by atoms with Gasteiger partial charge in [-0.15, -0.1) is 0 Å². The molecule has 0 saturated heterocycles. The number of carbonyl (C=O) groups is 2. The predicted molar refractivity (Wildman–Crippen MR) is 145 cm³/mol. The minimum atomic E-state index is -1.11. The molecule has 0 aromatic heterocycles. The van der Waals surface area contributed by atoms with Crippen LogP contribution >= 0.6 is 0 Å². The zero-order chi connectivity index (χ0) is 27.3. The van der Waals surface area contributed by atoms with Crippen LogP contribution in [-0.4, -0.2) is 74.0 Å². The summed E-state index contributed by atoms with van der Waals surface area (Å²) >= 11 is 0. The summed E-state index contributed by atoms with van der Waals surface area (Å²) in [5, 5.41) is 0. The van der Waals surface area contributed by atoms with Crippen molar-refractivity contribution >= 4 is 18.3 Å². The maximum absolute atomic E-state index is 14.1. The van der Waals surface area contributed by atoms with E-state index < -0.39 is 5.54 Å². The summed E-state index contributed by atoms with van der Waals surface area (Å²) in [5.41, 5.74) is -0.102. The molecule has 3 unspecified atom stereocenters. The van der Waals surface area contributed by atoms with Gasteiger partial charge in [0.2, 0.25) is 0 Å². The molecule has 0 radical (unpaired) electrons. The molecule has 8 heteroatoms. The molecule has 210 valence electrons. The van der Waals surface area contributed by atoms with Crippen LogP contribution in [0.25, 0.3) is 0 Å². The molecule has 1 heterocycles. The maximum atomic E-state index is 14.1. The van der Waals surface area contributed by atoms with Gasteiger partial charge in [-0.05, 0) is 88.6 Å². The van der Waals surface area contributed by atoms with Crippen molar-refractivity contribution in [1.29, 1.82) is 0 Å². The number of rotatable bonds is 9. The first kappa shape index (κ1) is 28.5. The largest absolute Gasteiger partial charge is 0.469 e. The van der Waals surface area contributed by atoms with Crippen LogP contribution in [0.2, 0.25) is 0 Å². The van der Waals surface area contributed by atoms with Crippen molar-refractivity contribution in [2.75, 3.05) is 28.3 Å². The molecule has 2 aliphatic carbocycles. The van der Waals surface area contributed by atoms with Crippen molar-refractivity contribution in [1.82, 2.24) is 9.80 Å². The molecule has 0 spiro atoms. The van der Waals surface area contributed by atoms with Crippen LogP contribution in [0, 0.1) is 17.7 Å². The molecular formula is C30H44FN3O4. The Bertz CT molecular complexity index is 987. The minimum absolute atomic E-state index is 0.121. The van der Waals surface area contributed by atoms with Gasteiger partial charge in [-0.2, -0.15) is 0 Å². The van der Waals surface area contributed by atoms with E-state index in [0.717, 1.165) is 44.1 Å². The highest BCUT2D eigenvalue weighted by Gasteiger charge is 2.56. The van der Waals surface area contributed by atoms with Crippen LogP contribution in [-0.2, 0) is 19.1 Å². The van der Waals surface area contributed by atoms with Crippen molar-refractivity contribution in [3.8, 4) is 0 Å². The van der Waals surface area contributed by atoms with Gasteiger partial charge >= 0.3 is 11.9 Å². The topological polar surface area (TPSA) is 71.4 Å². The first-order chi connectivity index (χ1) is 18.3. The summed E-state index contributed by atoms with van der Waals surface area (Å²) in [6.07, 6.45) is 11.9. The number of esters is 2. The number of hydrogen-bond donors (Lipinski definition) is 0. The van der Waals surface area contributed by atoms with E-state index >= 15 is 0 Å². The molecule has 0 bridgehead atoms. The molecule has 7 nitrogen and oxygen atoms in total. The van der Waals surface area contributed by atoms with E-state index in [1.54, 1.807) is 12.1 Å². The molecular weight excluding hydrogens is 485 g/mol. The van der Waals surface area contributed by atoms with Crippen LogP contribution in [0.4, 0.5) is 4.39 Å². The van der Waals surface area contributed by atoms with Crippen molar-refractivity contribution in [3.05, 3.63) is 35.6 Å². The summed E-state index contributed by atoms with van der Waals surface area (Å²) in [6.45, 7) is 0. The first-order valence-electron chi connectivity index (χ1n) is 14.2. The highest BCUT2D eigenvalue weighted by atomic mass is 19.1. The third kappa shape index (κ3) is 5.90. The number of ether oxygens (including phenoxy) is 2. The van der Waals surface area contributed by atoms with Gasteiger partial charge in [0, 0.05) is 18.5 Å². The third-order valence-electron chi connectivity index (χ3n) is 9.16. The van der Waals surface area contributed by atoms with E-state index in [4.69, 9.17) is 14.5 Å². The Labute approximate surface area is 226 Å². The van der Waals surface area contributed by atoms with Gasteiger partial charge in [0.05, 0.1) is 26.6 Å². The van der Waals surface area contributed by atoms with Crippen LogP contribution in [0.15, 0.2) is 29.3 Å². The quantitative estimate of drug-likeness (QED) is 0.412. The molecule has 3 aliphatic rings. The number of aliphatic imine (C=N–C) groups is 1. The number of nitrogens with zero attached hydrogens (tertiary/aromatic N) is 3. The second-order valence-corrected chi connectivity index (χ2v) is 11.6. The van der Waals surface area contributed by atoms with Gasteiger partial charge in [-0.3, -0.25) is 9.79 Å². The fraction of sp³-hybridized carbons (Fsp3) is 0.700. The Balaban J connectivity index is 1.59. The lowest BCUT2D eigenvalue weighted by Gasteiger charge is -2.47. The fourth-order valence-corrected chi connectivity index (χ4v) is 7.42. The molecule has 2 fully saturated rings. The zero-order valence-corrected chi connectivity index (χ0v) is 23.4. The van der Waals surface area contributed by atoms with E-state index in [0.29, 0.717) is 12.0 Å². The van der Waals surface area contributed by atoms with E-state index in [2.05, 4.69) is 23.9 Å². The van der Waals surface area contributed by atoms with E-state index in [9.17, 15) is 14.0 Å². The average Bonchev–Trinajstić information content (AvgIpc) is 3.32. The van der Waals surface area contributed by atoms with Gasteiger partial charge in [0.15, 0.2) is 5.54 Å². The highest BCUT2D eigenvalue weighted by molar-refractivity contribution is 5.87. The molecule has 1 aromatic rings. The number of carbonyl (C=O) groups excluding carboxylic acids is 2. The van der Waals surface area contributed by atoms with Gasteiger partial charge in [0.25, 0.3) is 0 Å². The minimum Gasteiger partial charge on any atom is -0.469 e. The van der Waals surface area contributed by atoms with Gasteiger partial charge in [-0.1, -0.05) is 31.4 Å². The predicted octanol–water partition coefficient (Wildman–Crippen LogP) is 5.15. The number of halogens is 1. The van der Waals surface area contributed by atoms with E-state index in [1.807, 2.05) is 12.4 Å². The van der Waals surface area contributed by atoms with Gasteiger partial charge < -0.3 is 19.3 Å². The van der Waals surface area contributed by atoms with E-state index in [1.165, 1.54) is 39.5 Å². The number of benzene rings is 1. The third-order valence-corrected chi connectivity index (χ3v) is 9.16. The molecule has 0 amide bonds. The molecule has 1 aliphatic heterocycles. The number of hydrogen-bond acceptors (Lipinski definition) is 7. The lowest BCUT2D eigenvalue weighted by Crippen LogP contribution is -2.58. The first-order valence-corrected chi connectivity index (χ1v) is 14.2. The molecule has 2 saturated carbocycles. The lowest BCUT2D eigenvalue weighted by atomic mass is 9.68. The van der Waals surface area contributed by atoms with Crippen molar-refractivity contribution < 1.29 is 23.5 Å². The Morgan fingerprint density at radius 3 is 2.39 bits per heavy atom. The maximum Gasteiger partial charge on any atom is 0.336 e.